The lowest BCUT2D eigenvalue weighted by Crippen LogP contribution is -2.42. The Kier molecular flexibility index (Phi) is 3.75. The van der Waals surface area contributed by atoms with E-state index in [0.29, 0.717) is 0 Å². The molecule has 0 unspecified atom stereocenters. The first kappa shape index (κ1) is 14.7. The van der Waals surface area contributed by atoms with E-state index in [4.69, 9.17) is 14.2 Å². The molecule has 1 heterocycles. The fourth-order valence-electron chi connectivity index (χ4n) is 1.73. The number of benzene rings is 1. The molecule has 1 aromatic rings. The number of ether oxygens (including phenoxy) is 3. The van der Waals surface area contributed by atoms with Gasteiger partial charge in [-0.3, -0.25) is 0 Å². The van der Waals surface area contributed by atoms with Crippen LogP contribution in [0.1, 0.15) is 13.8 Å². The molecule has 1 fully saturated rings. The Morgan fingerprint density at radius 3 is 2.43 bits per heavy atom. The molecule has 0 bridgehead atoms. The van der Waals surface area contributed by atoms with Gasteiger partial charge >= 0.3 is 11.9 Å². The number of nitrogens with one attached hydrogen (secondary N) is 1. The Balaban J connectivity index is 2.22. The predicted octanol–water partition coefficient (Wildman–Crippen LogP) is 1.53. The van der Waals surface area contributed by atoms with Crippen molar-refractivity contribution in [1.82, 2.24) is 0 Å². The van der Waals surface area contributed by atoms with Crippen molar-refractivity contribution in [3.05, 3.63) is 30.0 Å². The van der Waals surface area contributed by atoms with Crippen molar-refractivity contribution in [2.75, 3.05) is 12.4 Å². The molecular weight excluding hydrogens is 278 g/mol. The third kappa shape index (κ3) is 3.07. The Morgan fingerprint density at radius 2 is 1.86 bits per heavy atom. The number of carbonyl (C=O) groups excluding carboxylic acids is 2. The normalized spacial score (nSPS) is 16.8. The molecule has 7 heteroatoms. The topological polar surface area (TPSA) is 94.1 Å². The molecule has 1 aliphatic heterocycles. The molecule has 2 rings (SSSR count). The number of anilines is 1. The van der Waals surface area contributed by atoms with Crippen LogP contribution >= 0.6 is 0 Å². The molecule has 7 nitrogen and oxygen atoms in total. The fraction of sp³-hybridized carbons (Fsp3) is 0.286. The summed E-state index contributed by atoms with van der Waals surface area (Å²) in [6.45, 7) is 2.92. The molecule has 1 aromatic carbocycles. The molecule has 1 aliphatic rings. The number of carbonyl (C=O) groups is 2. The lowest BCUT2D eigenvalue weighted by atomic mass is 10.2. The second-order valence-corrected chi connectivity index (χ2v) is 4.74. The molecule has 0 atom stereocenters. The smallest absolute Gasteiger partial charge is 0.350 e. The first-order chi connectivity index (χ1) is 9.84. The van der Waals surface area contributed by atoms with Crippen molar-refractivity contribution in [3.63, 3.8) is 0 Å². The molecule has 0 aromatic heterocycles. The van der Waals surface area contributed by atoms with Crippen molar-refractivity contribution in [2.45, 2.75) is 19.6 Å². The molecule has 1 saturated heterocycles. The van der Waals surface area contributed by atoms with Gasteiger partial charge in [0.2, 0.25) is 0 Å². The van der Waals surface area contributed by atoms with Crippen molar-refractivity contribution in [1.29, 1.82) is 0 Å². The number of phenolic OH excluding ortho intramolecular Hbond substituents is 1. The monoisotopic (exact) mass is 293 g/mol. The van der Waals surface area contributed by atoms with Gasteiger partial charge in [-0.25, -0.2) is 9.59 Å². The molecule has 0 saturated carbocycles. The summed E-state index contributed by atoms with van der Waals surface area (Å²) >= 11 is 0. The minimum Gasteiger partial charge on any atom is -0.503 e. The van der Waals surface area contributed by atoms with E-state index in [0.717, 1.165) is 6.20 Å². The number of phenols is 1. The molecule has 2 N–H and O–H groups in total. The van der Waals surface area contributed by atoms with Crippen LogP contribution < -0.4 is 10.1 Å². The lowest BCUT2D eigenvalue weighted by molar-refractivity contribution is -0.222. The van der Waals surface area contributed by atoms with Crippen LogP contribution in [0.3, 0.4) is 0 Å². The van der Waals surface area contributed by atoms with Gasteiger partial charge in [-0.1, -0.05) is 6.07 Å². The van der Waals surface area contributed by atoms with Crippen LogP contribution in [0.25, 0.3) is 0 Å². The van der Waals surface area contributed by atoms with Crippen LogP contribution in [0.2, 0.25) is 0 Å². The van der Waals surface area contributed by atoms with Crippen LogP contribution in [0.5, 0.6) is 11.5 Å². The van der Waals surface area contributed by atoms with Crippen molar-refractivity contribution in [2.24, 2.45) is 0 Å². The van der Waals surface area contributed by atoms with Gasteiger partial charge in [0.15, 0.2) is 17.1 Å². The quantitative estimate of drug-likeness (QED) is 0.378. The number of cyclic esters (lactones) is 2. The van der Waals surface area contributed by atoms with E-state index in [1.807, 2.05) is 0 Å². The number of aromatic hydroxyl groups is 1. The summed E-state index contributed by atoms with van der Waals surface area (Å²) in [6, 6.07) is 4.76. The molecule has 0 aliphatic carbocycles. The predicted molar refractivity (Wildman–Crippen MR) is 72.6 cm³/mol. The van der Waals surface area contributed by atoms with Crippen LogP contribution in [0.4, 0.5) is 5.69 Å². The van der Waals surface area contributed by atoms with E-state index >= 15 is 0 Å². The maximum Gasteiger partial charge on any atom is 0.350 e. The summed E-state index contributed by atoms with van der Waals surface area (Å²) in [4.78, 5) is 23.5. The van der Waals surface area contributed by atoms with Gasteiger partial charge < -0.3 is 24.6 Å². The van der Waals surface area contributed by atoms with Gasteiger partial charge in [0, 0.05) is 20.0 Å². The number of para-hydroxylation sites is 1. The third-order valence-corrected chi connectivity index (χ3v) is 2.71. The van der Waals surface area contributed by atoms with E-state index in [1.54, 1.807) is 18.2 Å². The summed E-state index contributed by atoms with van der Waals surface area (Å²) in [7, 11) is 1.41. The molecule has 21 heavy (non-hydrogen) atoms. The Labute approximate surface area is 121 Å². The van der Waals surface area contributed by atoms with Gasteiger partial charge in [0.25, 0.3) is 5.79 Å². The van der Waals surface area contributed by atoms with Crippen molar-refractivity contribution >= 4 is 17.6 Å². The summed E-state index contributed by atoms with van der Waals surface area (Å²) < 4.78 is 14.8. The van der Waals surface area contributed by atoms with Gasteiger partial charge in [0.1, 0.15) is 0 Å². The van der Waals surface area contributed by atoms with Crippen LogP contribution in [-0.2, 0) is 19.1 Å². The Morgan fingerprint density at radius 1 is 1.24 bits per heavy atom. The summed E-state index contributed by atoms with van der Waals surface area (Å²) in [5.41, 5.74) is -0.0242. The second-order valence-electron chi connectivity index (χ2n) is 4.74. The van der Waals surface area contributed by atoms with E-state index in [-0.39, 0.29) is 22.8 Å². The van der Waals surface area contributed by atoms with E-state index in [2.05, 4.69) is 5.32 Å². The average Bonchev–Trinajstić information content (AvgIpc) is 2.38. The SMILES string of the molecule is COc1cccc(NC=C2C(=O)OC(C)(C)OC2=O)c1O. The highest BCUT2D eigenvalue weighted by Gasteiger charge is 2.38. The highest BCUT2D eigenvalue weighted by atomic mass is 16.7. The van der Waals surface area contributed by atoms with Crippen LogP contribution in [-0.4, -0.2) is 29.9 Å². The second kappa shape index (κ2) is 5.35. The summed E-state index contributed by atoms with van der Waals surface area (Å²) in [5, 5.41) is 12.5. The van der Waals surface area contributed by atoms with E-state index in [1.165, 1.54) is 21.0 Å². The van der Waals surface area contributed by atoms with Crippen LogP contribution in [0.15, 0.2) is 30.0 Å². The largest absolute Gasteiger partial charge is 0.503 e. The fourth-order valence-corrected chi connectivity index (χ4v) is 1.73. The molecule has 0 amide bonds. The third-order valence-electron chi connectivity index (χ3n) is 2.71. The number of hydrogen-bond donors (Lipinski definition) is 2. The molecule has 112 valence electrons. The zero-order valence-corrected chi connectivity index (χ0v) is 11.8. The van der Waals surface area contributed by atoms with E-state index < -0.39 is 17.7 Å². The van der Waals surface area contributed by atoms with Gasteiger partial charge in [-0.05, 0) is 12.1 Å². The Bertz CT molecular complexity index is 598. The first-order valence-electron chi connectivity index (χ1n) is 6.13. The molecule has 0 spiro atoms. The van der Waals surface area contributed by atoms with Gasteiger partial charge in [-0.2, -0.15) is 0 Å². The van der Waals surface area contributed by atoms with Crippen LogP contribution in [0, 0.1) is 0 Å². The van der Waals surface area contributed by atoms with E-state index in [9.17, 15) is 14.7 Å². The zero-order valence-electron chi connectivity index (χ0n) is 11.8. The van der Waals surface area contributed by atoms with Gasteiger partial charge in [-0.15, -0.1) is 0 Å². The maximum atomic E-state index is 11.7. The highest BCUT2D eigenvalue weighted by Crippen LogP contribution is 2.33. The molecule has 0 radical (unpaired) electrons. The maximum absolute atomic E-state index is 11.7. The minimum atomic E-state index is -1.29. The summed E-state index contributed by atoms with van der Waals surface area (Å²) in [6.07, 6.45) is 1.12. The van der Waals surface area contributed by atoms with Crippen molar-refractivity contribution in [3.8, 4) is 11.5 Å². The number of rotatable bonds is 3. The first-order valence-corrected chi connectivity index (χ1v) is 6.13. The zero-order chi connectivity index (χ0) is 15.6. The number of hydrogen-bond acceptors (Lipinski definition) is 7. The molecular formula is C14H15NO6. The summed E-state index contributed by atoms with van der Waals surface area (Å²) in [5.74, 6) is -2.77. The standard InChI is InChI=1S/C14H15NO6/c1-14(2)20-12(17)8(13(18)21-14)7-15-9-5-4-6-10(19-3)11(9)16/h4-7,15-16H,1-3H3. The highest BCUT2D eigenvalue weighted by molar-refractivity contribution is 6.15. The number of esters is 2. The average molecular weight is 293 g/mol. The number of methoxy groups -OCH3 is 1. The lowest BCUT2D eigenvalue weighted by Gasteiger charge is -2.29. The Hall–Kier alpha value is -2.70. The van der Waals surface area contributed by atoms with Crippen molar-refractivity contribution < 1.29 is 28.9 Å². The van der Waals surface area contributed by atoms with Gasteiger partial charge in [0.05, 0.1) is 12.8 Å². The minimum absolute atomic E-state index is 0.144.